The van der Waals surface area contributed by atoms with Gasteiger partial charge in [0.1, 0.15) is 0 Å². The number of hydrogen-bond donors (Lipinski definition) is 2. The molecule has 98 valence electrons. The molecular weight excluding hydrogens is 224 g/mol. The van der Waals surface area contributed by atoms with Gasteiger partial charge >= 0.3 is 0 Å². The molecule has 1 amide bonds. The first-order chi connectivity index (χ1) is 8.58. The molecule has 2 unspecified atom stereocenters. The largest absolute Gasteiger partial charge is 0.398 e. The van der Waals surface area contributed by atoms with Crippen LogP contribution in [0.3, 0.4) is 0 Å². The number of nitrogens with one attached hydrogen (secondary N) is 1. The average Bonchev–Trinajstić information content (AvgIpc) is 2.72. The molecule has 0 aromatic heterocycles. The van der Waals surface area contributed by atoms with Crippen molar-refractivity contribution >= 4 is 11.6 Å². The van der Waals surface area contributed by atoms with E-state index in [2.05, 4.69) is 12.2 Å². The van der Waals surface area contributed by atoms with E-state index < -0.39 is 0 Å². The number of carbonyl (C=O) groups excluding carboxylic acids is 1. The van der Waals surface area contributed by atoms with Crippen LogP contribution in [-0.4, -0.2) is 12.5 Å². The molecule has 1 fully saturated rings. The van der Waals surface area contributed by atoms with Gasteiger partial charge in [0.2, 0.25) is 0 Å². The zero-order valence-electron chi connectivity index (χ0n) is 11.2. The summed E-state index contributed by atoms with van der Waals surface area (Å²) in [6, 6.07) is 5.56. The number of carbonyl (C=O) groups is 1. The number of anilines is 1. The summed E-state index contributed by atoms with van der Waals surface area (Å²) in [6.07, 6.45) is 3.80. The second-order valence-electron chi connectivity index (χ2n) is 5.47. The van der Waals surface area contributed by atoms with Crippen molar-refractivity contribution in [2.24, 2.45) is 11.8 Å². The van der Waals surface area contributed by atoms with Crippen molar-refractivity contribution in [1.82, 2.24) is 5.32 Å². The Morgan fingerprint density at radius 2 is 2.22 bits per heavy atom. The molecule has 3 heteroatoms. The molecule has 2 rings (SSSR count). The molecule has 0 heterocycles. The summed E-state index contributed by atoms with van der Waals surface area (Å²) in [5, 5.41) is 3.01. The molecule has 18 heavy (non-hydrogen) atoms. The monoisotopic (exact) mass is 246 g/mol. The van der Waals surface area contributed by atoms with Gasteiger partial charge in [0, 0.05) is 12.2 Å². The van der Waals surface area contributed by atoms with Crippen LogP contribution in [0.1, 0.15) is 42.1 Å². The molecular formula is C15H22N2O. The molecule has 0 radical (unpaired) electrons. The fraction of sp³-hybridized carbons (Fsp3) is 0.533. The van der Waals surface area contributed by atoms with E-state index in [0.717, 1.165) is 18.0 Å². The highest BCUT2D eigenvalue weighted by Gasteiger charge is 2.23. The fourth-order valence-electron chi connectivity index (χ4n) is 2.73. The summed E-state index contributed by atoms with van der Waals surface area (Å²) in [5.41, 5.74) is 8.10. The highest BCUT2D eigenvalue weighted by atomic mass is 16.1. The predicted molar refractivity (Wildman–Crippen MR) is 74.4 cm³/mol. The molecule has 0 spiro atoms. The molecule has 0 saturated heterocycles. The second kappa shape index (κ2) is 5.42. The molecule has 0 aliphatic heterocycles. The summed E-state index contributed by atoms with van der Waals surface area (Å²) in [5.74, 6) is 1.30. The van der Waals surface area contributed by atoms with Crippen molar-refractivity contribution in [3.05, 3.63) is 29.3 Å². The van der Waals surface area contributed by atoms with Gasteiger partial charge in [-0.2, -0.15) is 0 Å². The Balaban J connectivity index is 1.95. The lowest BCUT2D eigenvalue weighted by Gasteiger charge is -2.16. The van der Waals surface area contributed by atoms with Crippen LogP contribution < -0.4 is 11.1 Å². The first-order valence-electron chi connectivity index (χ1n) is 6.72. The molecule has 1 aliphatic rings. The molecule has 1 saturated carbocycles. The maximum absolute atomic E-state index is 12.0. The average molecular weight is 246 g/mol. The minimum atomic E-state index is -0.0494. The van der Waals surface area contributed by atoms with Gasteiger partial charge in [0.15, 0.2) is 0 Å². The van der Waals surface area contributed by atoms with Gasteiger partial charge in [-0.1, -0.05) is 25.8 Å². The molecule has 0 bridgehead atoms. The number of amides is 1. The highest BCUT2D eigenvalue weighted by molar-refractivity contribution is 5.99. The van der Waals surface area contributed by atoms with Crippen molar-refractivity contribution in [3.63, 3.8) is 0 Å². The third kappa shape index (κ3) is 2.84. The van der Waals surface area contributed by atoms with Gasteiger partial charge in [-0.25, -0.2) is 0 Å². The van der Waals surface area contributed by atoms with E-state index in [4.69, 9.17) is 5.73 Å². The van der Waals surface area contributed by atoms with Gasteiger partial charge < -0.3 is 11.1 Å². The normalized spacial score (nSPS) is 23.0. The van der Waals surface area contributed by atoms with E-state index in [9.17, 15) is 4.79 Å². The maximum Gasteiger partial charge on any atom is 0.253 e. The predicted octanol–water partition coefficient (Wildman–Crippen LogP) is 2.74. The van der Waals surface area contributed by atoms with Crippen LogP contribution in [0, 0.1) is 18.8 Å². The van der Waals surface area contributed by atoms with Crippen molar-refractivity contribution in [2.75, 3.05) is 12.3 Å². The van der Waals surface area contributed by atoms with E-state index >= 15 is 0 Å². The molecule has 1 aliphatic carbocycles. The third-order valence-electron chi connectivity index (χ3n) is 4.02. The van der Waals surface area contributed by atoms with Crippen LogP contribution in [0.4, 0.5) is 5.69 Å². The number of rotatable bonds is 3. The second-order valence-corrected chi connectivity index (χ2v) is 5.47. The van der Waals surface area contributed by atoms with Gasteiger partial charge in [-0.05, 0) is 42.9 Å². The van der Waals surface area contributed by atoms with E-state index in [1.165, 1.54) is 19.3 Å². The number of nitrogens with two attached hydrogens (primary N) is 1. The van der Waals surface area contributed by atoms with Gasteiger partial charge in [0.25, 0.3) is 5.91 Å². The zero-order valence-corrected chi connectivity index (χ0v) is 11.2. The number of benzene rings is 1. The fourth-order valence-corrected chi connectivity index (χ4v) is 2.73. The summed E-state index contributed by atoms with van der Waals surface area (Å²) in [6.45, 7) is 5.01. The van der Waals surface area contributed by atoms with Gasteiger partial charge in [-0.3, -0.25) is 4.79 Å². The van der Waals surface area contributed by atoms with Crippen LogP contribution in [0.2, 0.25) is 0 Å². The number of hydrogen-bond acceptors (Lipinski definition) is 2. The van der Waals surface area contributed by atoms with E-state index in [1.807, 2.05) is 19.1 Å². The Morgan fingerprint density at radius 1 is 1.44 bits per heavy atom. The SMILES string of the molecule is Cc1ccc(C(=O)NCC2CCCC2C)c(N)c1. The van der Waals surface area contributed by atoms with E-state index in [0.29, 0.717) is 17.2 Å². The smallest absolute Gasteiger partial charge is 0.253 e. The summed E-state index contributed by atoms with van der Waals surface area (Å²) in [4.78, 5) is 12.0. The Bertz CT molecular complexity index is 442. The lowest BCUT2D eigenvalue weighted by Crippen LogP contribution is -2.30. The summed E-state index contributed by atoms with van der Waals surface area (Å²) < 4.78 is 0. The third-order valence-corrected chi connectivity index (χ3v) is 4.02. The Labute approximate surface area is 109 Å². The first kappa shape index (κ1) is 12.9. The molecule has 3 nitrogen and oxygen atoms in total. The van der Waals surface area contributed by atoms with Crippen LogP contribution in [-0.2, 0) is 0 Å². The minimum absolute atomic E-state index is 0.0494. The van der Waals surface area contributed by atoms with Crippen LogP contribution in [0.25, 0.3) is 0 Å². The molecule has 3 N–H and O–H groups in total. The lowest BCUT2D eigenvalue weighted by molar-refractivity contribution is 0.0945. The minimum Gasteiger partial charge on any atom is -0.398 e. The van der Waals surface area contributed by atoms with E-state index in [-0.39, 0.29) is 5.91 Å². The Kier molecular flexibility index (Phi) is 3.90. The van der Waals surface area contributed by atoms with Crippen molar-refractivity contribution < 1.29 is 4.79 Å². The summed E-state index contributed by atoms with van der Waals surface area (Å²) >= 11 is 0. The van der Waals surface area contributed by atoms with Crippen molar-refractivity contribution in [2.45, 2.75) is 33.1 Å². The number of nitrogen functional groups attached to an aromatic ring is 1. The van der Waals surface area contributed by atoms with Crippen molar-refractivity contribution in [3.8, 4) is 0 Å². The van der Waals surface area contributed by atoms with E-state index in [1.54, 1.807) is 6.07 Å². The van der Waals surface area contributed by atoms with Crippen LogP contribution in [0.15, 0.2) is 18.2 Å². The standard InChI is InChI=1S/C15H22N2O/c1-10-6-7-13(14(16)8-10)15(18)17-9-12-5-3-4-11(12)2/h6-8,11-12H,3-5,9,16H2,1-2H3,(H,17,18). The lowest BCUT2D eigenvalue weighted by atomic mass is 9.98. The Hall–Kier alpha value is -1.51. The first-order valence-corrected chi connectivity index (χ1v) is 6.72. The van der Waals surface area contributed by atoms with Crippen LogP contribution in [0.5, 0.6) is 0 Å². The molecule has 2 atom stereocenters. The van der Waals surface area contributed by atoms with Gasteiger partial charge in [0.05, 0.1) is 5.56 Å². The van der Waals surface area contributed by atoms with Crippen molar-refractivity contribution in [1.29, 1.82) is 0 Å². The molecule has 1 aromatic carbocycles. The summed E-state index contributed by atoms with van der Waals surface area (Å²) in [7, 11) is 0. The molecule has 1 aromatic rings. The Morgan fingerprint density at radius 3 is 2.83 bits per heavy atom. The number of aryl methyl sites for hydroxylation is 1. The van der Waals surface area contributed by atoms with Crippen LogP contribution >= 0.6 is 0 Å². The zero-order chi connectivity index (χ0) is 13.1. The quantitative estimate of drug-likeness (QED) is 0.806. The topological polar surface area (TPSA) is 55.1 Å². The highest BCUT2D eigenvalue weighted by Crippen LogP contribution is 2.30. The van der Waals surface area contributed by atoms with Gasteiger partial charge in [-0.15, -0.1) is 0 Å². The maximum atomic E-state index is 12.0.